The second-order valence-corrected chi connectivity index (χ2v) is 8.50. The molecule has 22 heavy (non-hydrogen) atoms. The number of thiazole rings is 1. The van der Waals surface area contributed by atoms with Gasteiger partial charge >= 0.3 is 0 Å². The smallest absolute Gasteiger partial charge is 0.282 e. The molecule has 1 aromatic rings. The van der Waals surface area contributed by atoms with E-state index in [9.17, 15) is 4.79 Å². The van der Waals surface area contributed by atoms with E-state index in [1.165, 1.54) is 42.8 Å². The van der Waals surface area contributed by atoms with E-state index in [1.54, 1.807) is 11.3 Å². The lowest BCUT2D eigenvalue weighted by Gasteiger charge is -2.40. The summed E-state index contributed by atoms with van der Waals surface area (Å²) in [6.45, 7) is 4.16. The summed E-state index contributed by atoms with van der Waals surface area (Å²) in [7, 11) is 2.20. The van der Waals surface area contributed by atoms with Crippen molar-refractivity contribution < 1.29 is 4.79 Å². The van der Waals surface area contributed by atoms with Gasteiger partial charge < -0.3 is 9.80 Å². The Morgan fingerprint density at radius 3 is 2.77 bits per heavy atom. The molecule has 0 saturated carbocycles. The van der Waals surface area contributed by atoms with E-state index in [0.717, 1.165) is 43.9 Å². The predicted octanol–water partition coefficient (Wildman–Crippen LogP) is 2.58. The number of fused-ring (bicyclic) bond motifs is 1. The molecule has 1 atom stereocenters. The molecule has 4 nitrogen and oxygen atoms in total. The molecule has 3 heterocycles. The predicted molar refractivity (Wildman–Crippen MR) is 88.4 cm³/mol. The number of carbonyl (C=O) groups excluding carboxylic acids is 1. The largest absolute Gasteiger partial charge is 0.336 e. The van der Waals surface area contributed by atoms with Gasteiger partial charge in [-0.05, 0) is 58.5 Å². The number of hydrogen-bond acceptors (Lipinski definition) is 4. The van der Waals surface area contributed by atoms with Gasteiger partial charge in [0.15, 0.2) is 5.01 Å². The van der Waals surface area contributed by atoms with Crippen LogP contribution in [0.5, 0.6) is 0 Å². The Kier molecular flexibility index (Phi) is 3.73. The average Bonchev–Trinajstić information content (AvgIpc) is 3.10. The number of amides is 1. The van der Waals surface area contributed by atoms with Crippen LogP contribution in [0.15, 0.2) is 0 Å². The fourth-order valence-corrected chi connectivity index (χ4v) is 5.57. The topological polar surface area (TPSA) is 36.4 Å². The number of hydrogen-bond donors (Lipinski definition) is 0. The van der Waals surface area contributed by atoms with Gasteiger partial charge in [-0.15, -0.1) is 11.3 Å². The molecule has 1 amide bonds. The van der Waals surface area contributed by atoms with E-state index in [1.807, 2.05) is 0 Å². The maximum absolute atomic E-state index is 12.9. The van der Waals surface area contributed by atoms with Crippen LogP contribution >= 0.6 is 11.3 Å². The zero-order valence-electron chi connectivity index (χ0n) is 13.4. The summed E-state index contributed by atoms with van der Waals surface area (Å²) in [5, 5.41) is 0.746. The molecular formula is C17H25N3OS. The lowest BCUT2D eigenvalue weighted by Crippen LogP contribution is -2.47. The van der Waals surface area contributed by atoms with Gasteiger partial charge in [0.2, 0.25) is 0 Å². The summed E-state index contributed by atoms with van der Waals surface area (Å²) in [6, 6.07) is 0. The molecule has 1 aliphatic carbocycles. The van der Waals surface area contributed by atoms with Gasteiger partial charge in [-0.25, -0.2) is 4.98 Å². The zero-order chi connectivity index (χ0) is 15.2. The fraction of sp³-hybridized carbons (Fsp3) is 0.765. The van der Waals surface area contributed by atoms with E-state index in [-0.39, 0.29) is 5.91 Å². The molecule has 2 fully saturated rings. The van der Waals surface area contributed by atoms with Gasteiger partial charge in [-0.2, -0.15) is 0 Å². The molecule has 1 spiro atoms. The summed E-state index contributed by atoms with van der Waals surface area (Å²) in [5.74, 6) is 0.188. The van der Waals surface area contributed by atoms with Crippen LogP contribution in [0, 0.1) is 5.41 Å². The normalized spacial score (nSPS) is 29.0. The van der Waals surface area contributed by atoms with Crippen molar-refractivity contribution in [2.24, 2.45) is 5.41 Å². The minimum atomic E-state index is 0.188. The number of piperidine rings is 1. The number of carbonyl (C=O) groups is 1. The highest BCUT2D eigenvalue weighted by Crippen LogP contribution is 2.39. The van der Waals surface area contributed by atoms with E-state index in [0.29, 0.717) is 5.41 Å². The molecular weight excluding hydrogens is 294 g/mol. The van der Waals surface area contributed by atoms with Gasteiger partial charge in [-0.3, -0.25) is 4.79 Å². The second-order valence-electron chi connectivity index (χ2n) is 7.41. The third-order valence-corrected chi connectivity index (χ3v) is 6.75. The van der Waals surface area contributed by atoms with Gasteiger partial charge in [0, 0.05) is 29.9 Å². The summed E-state index contributed by atoms with van der Waals surface area (Å²) in [6.07, 6.45) is 8.32. The molecule has 1 aromatic heterocycles. The molecule has 0 aromatic carbocycles. The van der Waals surface area contributed by atoms with Crippen LogP contribution < -0.4 is 0 Å². The highest BCUT2D eigenvalue weighted by atomic mass is 32.1. The molecule has 2 aliphatic heterocycles. The third kappa shape index (κ3) is 2.58. The Labute approximate surface area is 136 Å². The van der Waals surface area contributed by atoms with Crippen LogP contribution in [0.1, 0.15) is 52.5 Å². The Hall–Kier alpha value is -0.940. The van der Waals surface area contributed by atoms with E-state index >= 15 is 0 Å². The number of likely N-dealkylation sites (tertiary alicyclic amines) is 2. The maximum atomic E-state index is 12.9. The van der Waals surface area contributed by atoms with Crippen molar-refractivity contribution in [1.82, 2.24) is 14.8 Å². The zero-order valence-corrected chi connectivity index (χ0v) is 14.3. The summed E-state index contributed by atoms with van der Waals surface area (Å²) in [4.78, 5) is 23.4. The standard InChI is InChI=1S/C17H25N3OS/c1-19-10-8-17(11-19)7-4-9-20(12-17)16(21)15-18-13-5-2-3-6-14(13)22-15/h2-12H2,1H3/t17-/m0/s1. The van der Waals surface area contributed by atoms with Crippen molar-refractivity contribution in [3.05, 3.63) is 15.6 Å². The van der Waals surface area contributed by atoms with Crippen LogP contribution in [0.25, 0.3) is 0 Å². The first kappa shape index (κ1) is 14.6. The first-order valence-electron chi connectivity index (χ1n) is 8.62. The Morgan fingerprint density at radius 2 is 2.00 bits per heavy atom. The average molecular weight is 319 g/mol. The van der Waals surface area contributed by atoms with Crippen LogP contribution in [0.3, 0.4) is 0 Å². The molecule has 2 saturated heterocycles. The highest BCUT2D eigenvalue weighted by Gasteiger charge is 2.41. The van der Waals surface area contributed by atoms with Crippen LogP contribution in [0.4, 0.5) is 0 Å². The molecule has 0 N–H and O–H groups in total. The van der Waals surface area contributed by atoms with Crippen LogP contribution in [-0.2, 0) is 12.8 Å². The second kappa shape index (κ2) is 5.60. The van der Waals surface area contributed by atoms with Crippen molar-refractivity contribution in [3.8, 4) is 0 Å². The molecule has 0 radical (unpaired) electrons. The minimum Gasteiger partial charge on any atom is -0.336 e. The summed E-state index contributed by atoms with van der Waals surface area (Å²) < 4.78 is 0. The first-order valence-corrected chi connectivity index (χ1v) is 9.43. The Bertz CT molecular complexity index is 557. The number of aryl methyl sites for hydroxylation is 2. The maximum Gasteiger partial charge on any atom is 0.282 e. The van der Waals surface area contributed by atoms with Crippen LogP contribution in [0.2, 0.25) is 0 Å². The fourth-order valence-electron chi connectivity index (χ4n) is 4.45. The summed E-state index contributed by atoms with van der Waals surface area (Å²) in [5.41, 5.74) is 1.55. The summed E-state index contributed by atoms with van der Waals surface area (Å²) >= 11 is 1.66. The van der Waals surface area contributed by atoms with Gasteiger partial charge in [0.05, 0.1) is 5.69 Å². The molecule has 0 unspecified atom stereocenters. The van der Waals surface area contributed by atoms with Crippen molar-refractivity contribution in [3.63, 3.8) is 0 Å². The Morgan fingerprint density at radius 1 is 1.14 bits per heavy atom. The lowest BCUT2D eigenvalue weighted by atomic mass is 9.79. The number of rotatable bonds is 1. The highest BCUT2D eigenvalue weighted by molar-refractivity contribution is 7.13. The third-order valence-electron chi connectivity index (χ3n) is 5.61. The SMILES string of the molecule is CN1CC[C@@]2(CCCN(C(=O)c3nc4c(s3)CCCC4)C2)C1. The monoisotopic (exact) mass is 319 g/mol. The van der Waals surface area contributed by atoms with E-state index in [4.69, 9.17) is 0 Å². The minimum absolute atomic E-state index is 0.188. The van der Waals surface area contributed by atoms with Crippen molar-refractivity contribution in [2.75, 3.05) is 33.2 Å². The van der Waals surface area contributed by atoms with Gasteiger partial charge in [0.25, 0.3) is 5.91 Å². The number of aromatic nitrogens is 1. The lowest BCUT2D eigenvalue weighted by molar-refractivity contribution is 0.0534. The van der Waals surface area contributed by atoms with Crippen molar-refractivity contribution in [2.45, 2.75) is 44.9 Å². The van der Waals surface area contributed by atoms with Crippen molar-refractivity contribution >= 4 is 17.2 Å². The molecule has 4 rings (SSSR count). The van der Waals surface area contributed by atoms with Crippen molar-refractivity contribution in [1.29, 1.82) is 0 Å². The molecule has 120 valence electrons. The molecule has 0 bridgehead atoms. The van der Waals surface area contributed by atoms with Crippen LogP contribution in [-0.4, -0.2) is 53.9 Å². The molecule has 5 heteroatoms. The first-order chi connectivity index (χ1) is 10.7. The quantitative estimate of drug-likeness (QED) is 0.798. The van der Waals surface area contributed by atoms with E-state index in [2.05, 4.69) is 21.8 Å². The van der Waals surface area contributed by atoms with Gasteiger partial charge in [0.1, 0.15) is 0 Å². The Balaban J connectivity index is 1.51. The number of nitrogens with zero attached hydrogens (tertiary/aromatic N) is 3. The van der Waals surface area contributed by atoms with Gasteiger partial charge in [-0.1, -0.05) is 0 Å². The van der Waals surface area contributed by atoms with E-state index < -0.39 is 0 Å². The molecule has 3 aliphatic rings.